The average Bonchev–Trinajstić information content (AvgIpc) is 2.99. The van der Waals surface area contributed by atoms with Crippen LogP contribution in [0.4, 0.5) is 5.82 Å². The molecule has 0 N–H and O–H groups in total. The molecule has 0 atom stereocenters. The maximum Gasteiger partial charge on any atom is 0.224 e. The van der Waals surface area contributed by atoms with Crippen LogP contribution in [0.25, 0.3) is 0 Å². The molecule has 0 spiro atoms. The second-order valence-electron chi connectivity index (χ2n) is 5.73. The number of amides is 1. The largest absolute Gasteiger partial charge is 0.353 e. The first-order valence-corrected chi connectivity index (χ1v) is 8.54. The molecule has 2 aromatic heterocycles. The summed E-state index contributed by atoms with van der Waals surface area (Å²) >= 11 is 3.40. The molecule has 0 bridgehead atoms. The van der Waals surface area contributed by atoms with Gasteiger partial charge in [-0.05, 0) is 40.5 Å². The summed E-state index contributed by atoms with van der Waals surface area (Å²) in [5.41, 5.74) is 1.12. The monoisotopic (exact) mass is 377 g/mol. The highest BCUT2D eigenvalue weighted by molar-refractivity contribution is 9.10. The van der Waals surface area contributed by atoms with Gasteiger partial charge >= 0.3 is 0 Å². The van der Waals surface area contributed by atoms with Gasteiger partial charge in [0.1, 0.15) is 5.82 Å². The molecule has 1 aliphatic heterocycles. The van der Waals surface area contributed by atoms with E-state index >= 15 is 0 Å². The summed E-state index contributed by atoms with van der Waals surface area (Å²) in [6, 6.07) is 3.99. The van der Waals surface area contributed by atoms with Crippen molar-refractivity contribution >= 4 is 27.7 Å². The number of nitrogens with zero attached hydrogens (tertiary/aromatic N) is 5. The topological polar surface area (TPSA) is 54.3 Å². The molecule has 0 radical (unpaired) electrons. The number of hydrogen-bond acceptors (Lipinski definition) is 4. The Morgan fingerprint density at radius 2 is 2.00 bits per heavy atom. The summed E-state index contributed by atoms with van der Waals surface area (Å²) in [6.07, 6.45) is 6.08. The number of aromatic nitrogens is 3. The highest BCUT2D eigenvalue weighted by Gasteiger charge is 2.21. The minimum Gasteiger partial charge on any atom is -0.353 e. The van der Waals surface area contributed by atoms with Gasteiger partial charge in [0.05, 0.1) is 6.20 Å². The third-order valence-corrected chi connectivity index (χ3v) is 4.45. The Morgan fingerprint density at radius 3 is 2.61 bits per heavy atom. The van der Waals surface area contributed by atoms with Gasteiger partial charge < -0.3 is 9.80 Å². The molecule has 3 rings (SSSR count). The summed E-state index contributed by atoms with van der Waals surface area (Å²) in [6.45, 7) is 5.77. The number of anilines is 1. The van der Waals surface area contributed by atoms with Gasteiger partial charge in [0, 0.05) is 56.0 Å². The van der Waals surface area contributed by atoms with Crippen LogP contribution in [-0.2, 0) is 11.3 Å². The number of halogens is 1. The van der Waals surface area contributed by atoms with Crippen LogP contribution in [0.3, 0.4) is 0 Å². The van der Waals surface area contributed by atoms with Crippen molar-refractivity contribution in [1.29, 1.82) is 0 Å². The lowest BCUT2D eigenvalue weighted by Crippen LogP contribution is -2.49. The van der Waals surface area contributed by atoms with E-state index < -0.39 is 0 Å². The van der Waals surface area contributed by atoms with E-state index in [1.807, 2.05) is 41.0 Å². The molecule has 3 heterocycles. The first-order valence-electron chi connectivity index (χ1n) is 7.75. The van der Waals surface area contributed by atoms with E-state index in [1.54, 1.807) is 6.20 Å². The number of aryl methyl sites for hydroxylation is 2. The van der Waals surface area contributed by atoms with Crippen molar-refractivity contribution in [3.05, 3.63) is 40.8 Å². The Hall–Kier alpha value is -1.89. The van der Waals surface area contributed by atoms with E-state index in [2.05, 4.69) is 30.9 Å². The van der Waals surface area contributed by atoms with E-state index in [1.165, 1.54) is 0 Å². The summed E-state index contributed by atoms with van der Waals surface area (Å²) < 4.78 is 2.80. The van der Waals surface area contributed by atoms with Gasteiger partial charge in [0.25, 0.3) is 0 Å². The molecule has 0 saturated carbocycles. The van der Waals surface area contributed by atoms with E-state index in [4.69, 9.17) is 0 Å². The van der Waals surface area contributed by atoms with Crippen molar-refractivity contribution < 1.29 is 4.79 Å². The summed E-state index contributed by atoms with van der Waals surface area (Å²) in [5.74, 6) is 1.16. The van der Waals surface area contributed by atoms with Crippen LogP contribution in [0.1, 0.15) is 12.0 Å². The SMILES string of the molecule is Cc1cnn(CCC(=O)N2CCN(c3ccc(Br)cn3)CC2)c1. The number of pyridine rings is 1. The molecule has 7 heteroatoms. The molecule has 0 aromatic carbocycles. The molecule has 1 amide bonds. The normalized spacial score (nSPS) is 15.0. The average molecular weight is 378 g/mol. The summed E-state index contributed by atoms with van der Waals surface area (Å²) in [4.78, 5) is 20.9. The molecule has 6 nitrogen and oxygen atoms in total. The van der Waals surface area contributed by atoms with Gasteiger partial charge in [-0.25, -0.2) is 4.98 Å². The highest BCUT2D eigenvalue weighted by atomic mass is 79.9. The first kappa shape index (κ1) is 16.0. The molecule has 1 fully saturated rings. The Morgan fingerprint density at radius 1 is 1.22 bits per heavy atom. The van der Waals surface area contributed by atoms with E-state index in [9.17, 15) is 4.79 Å². The van der Waals surface area contributed by atoms with Gasteiger partial charge in [-0.15, -0.1) is 0 Å². The zero-order chi connectivity index (χ0) is 16.2. The van der Waals surface area contributed by atoms with Gasteiger partial charge in [-0.3, -0.25) is 9.48 Å². The lowest BCUT2D eigenvalue weighted by molar-refractivity contribution is -0.131. The number of hydrogen-bond donors (Lipinski definition) is 0. The molecule has 1 aliphatic rings. The molecule has 0 aliphatic carbocycles. The van der Waals surface area contributed by atoms with E-state index in [-0.39, 0.29) is 5.91 Å². The second-order valence-corrected chi connectivity index (χ2v) is 6.65. The van der Waals surface area contributed by atoms with Crippen LogP contribution in [-0.4, -0.2) is 51.8 Å². The zero-order valence-electron chi connectivity index (χ0n) is 13.2. The highest BCUT2D eigenvalue weighted by Crippen LogP contribution is 2.16. The Kier molecular flexibility index (Phi) is 4.95. The molecule has 122 valence electrons. The summed E-state index contributed by atoms with van der Waals surface area (Å²) in [7, 11) is 0. The molecule has 2 aromatic rings. The maximum absolute atomic E-state index is 12.3. The van der Waals surface area contributed by atoms with Gasteiger partial charge in [0.15, 0.2) is 0 Å². The number of carbonyl (C=O) groups is 1. The standard InChI is InChI=1S/C16H20BrN5O/c1-13-10-19-22(12-13)5-4-16(23)21-8-6-20(7-9-21)15-3-2-14(17)11-18-15/h2-3,10-12H,4-9H2,1H3. The fourth-order valence-corrected chi connectivity index (χ4v) is 2.93. The van der Waals surface area contributed by atoms with Crippen molar-refractivity contribution in [2.24, 2.45) is 0 Å². The van der Waals surface area contributed by atoms with Crippen LogP contribution in [0.15, 0.2) is 35.2 Å². The van der Waals surface area contributed by atoms with Crippen molar-refractivity contribution in [3.63, 3.8) is 0 Å². The summed E-state index contributed by atoms with van der Waals surface area (Å²) in [5, 5.41) is 4.22. The second kappa shape index (κ2) is 7.12. The minimum atomic E-state index is 0.196. The molecular weight excluding hydrogens is 358 g/mol. The van der Waals surface area contributed by atoms with Crippen LogP contribution in [0.2, 0.25) is 0 Å². The lowest BCUT2D eigenvalue weighted by atomic mass is 10.2. The van der Waals surface area contributed by atoms with Crippen LogP contribution in [0.5, 0.6) is 0 Å². The van der Waals surface area contributed by atoms with Gasteiger partial charge in [0.2, 0.25) is 5.91 Å². The van der Waals surface area contributed by atoms with Crippen LogP contribution < -0.4 is 4.90 Å². The fourth-order valence-electron chi connectivity index (χ4n) is 2.70. The van der Waals surface area contributed by atoms with Gasteiger partial charge in [-0.2, -0.15) is 5.10 Å². The third kappa shape index (κ3) is 4.10. The van der Waals surface area contributed by atoms with Crippen LogP contribution >= 0.6 is 15.9 Å². The Bertz CT molecular complexity index is 661. The molecular formula is C16H20BrN5O. The molecule has 23 heavy (non-hydrogen) atoms. The third-order valence-electron chi connectivity index (χ3n) is 3.99. The smallest absolute Gasteiger partial charge is 0.224 e. The maximum atomic E-state index is 12.3. The Balaban J connectivity index is 1.48. The predicted octanol–water partition coefficient (Wildman–Crippen LogP) is 2.09. The fraction of sp³-hybridized carbons (Fsp3) is 0.438. The van der Waals surface area contributed by atoms with Crippen molar-refractivity contribution in [2.75, 3.05) is 31.1 Å². The minimum absolute atomic E-state index is 0.196. The van der Waals surface area contributed by atoms with Crippen molar-refractivity contribution in [3.8, 4) is 0 Å². The predicted molar refractivity (Wildman–Crippen MR) is 92.3 cm³/mol. The Labute approximate surface area is 144 Å². The number of carbonyl (C=O) groups excluding carboxylic acids is 1. The number of rotatable bonds is 4. The molecule has 0 unspecified atom stereocenters. The van der Waals surface area contributed by atoms with E-state index in [0.717, 1.165) is 42.0 Å². The van der Waals surface area contributed by atoms with E-state index in [0.29, 0.717) is 13.0 Å². The molecule has 1 saturated heterocycles. The van der Waals surface area contributed by atoms with Crippen LogP contribution in [0, 0.1) is 6.92 Å². The van der Waals surface area contributed by atoms with Crippen molar-refractivity contribution in [1.82, 2.24) is 19.7 Å². The zero-order valence-corrected chi connectivity index (χ0v) is 14.7. The van der Waals surface area contributed by atoms with Gasteiger partial charge in [-0.1, -0.05) is 0 Å². The first-order chi connectivity index (χ1) is 11.1. The quantitative estimate of drug-likeness (QED) is 0.818. The van der Waals surface area contributed by atoms with Crippen molar-refractivity contribution in [2.45, 2.75) is 19.9 Å². The number of piperazine rings is 1. The lowest BCUT2D eigenvalue weighted by Gasteiger charge is -2.35.